The third-order valence-corrected chi connectivity index (χ3v) is 21.2. The maximum absolute atomic E-state index is 11.0. The molecule has 0 spiro atoms. The molecule has 9 heterocycles. The summed E-state index contributed by atoms with van der Waals surface area (Å²) in [6, 6.07) is 30.3. The van der Waals surface area contributed by atoms with Crippen LogP contribution in [-0.2, 0) is 14.4 Å². The fourth-order valence-corrected chi connectivity index (χ4v) is 15.5. The number of carboxylic acid groups (broad SMARTS) is 3. The normalized spacial score (nSPS) is 19.1. The Hall–Kier alpha value is -9.00. The first-order valence-electron chi connectivity index (χ1n) is 31.2. The number of halogens is 3. The molecule has 3 aromatic carbocycles. The van der Waals surface area contributed by atoms with E-state index in [2.05, 4.69) is 96.2 Å². The number of fused-ring (bicyclic) bond motifs is 6. The highest BCUT2D eigenvalue weighted by molar-refractivity contribution is 9.11. The standard InChI is InChI=1S/3C23H22BrN5O2/c3*24-20-21(14-7-5-13(6-8-14)9-19(30)31)28-23-17(12-27-29(23)22(20)25)16-10-15-3-1-2-4-18(15)26-11-16/h3*1-4,10-14H,5-9,25H2,(H,30,31). The zero-order valence-electron chi connectivity index (χ0n) is 50.5. The molecule has 0 aliphatic heterocycles. The van der Waals surface area contributed by atoms with E-state index in [1.165, 1.54) is 0 Å². The molecule has 0 unspecified atom stereocenters. The summed E-state index contributed by atoms with van der Waals surface area (Å²) < 4.78 is 7.30. The van der Waals surface area contributed by atoms with Crippen LogP contribution in [0.3, 0.4) is 0 Å². The van der Waals surface area contributed by atoms with Gasteiger partial charge in [0.1, 0.15) is 17.5 Å². The molecule has 3 fully saturated rings. The molecule has 9 N–H and O–H groups in total. The lowest BCUT2D eigenvalue weighted by molar-refractivity contribution is -0.139. The van der Waals surface area contributed by atoms with Crippen LogP contribution in [0, 0.1) is 17.8 Å². The Bertz CT molecular complexity index is 4360. The zero-order valence-corrected chi connectivity index (χ0v) is 55.3. The van der Waals surface area contributed by atoms with Crippen molar-refractivity contribution in [2.75, 3.05) is 17.2 Å². The topological polar surface area (TPSA) is 319 Å². The van der Waals surface area contributed by atoms with Crippen molar-refractivity contribution in [2.24, 2.45) is 17.8 Å². The molecule has 474 valence electrons. The molecule has 0 amide bonds. The molecule has 0 saturated heterocycles. The number of nitrogens with zero attached hydrogens (tertiary/aromatic N) is 12. The van der Waals surface area contributed by atoms with Crippen molar-refractivity contribution in [3.63, 3.8) is 0 Å². The van der Waals surface area contributed by atoms with Crippen molar-refractivity contribution in [3.05, 3.63) is 159 Å². The second kappa shape index (κ2) is 26.9. The minimum Gasteiger partial charge on any atom is -0.481 e. The number of hydrogen-bond acceptors (Lipinski definition) is 15. The van der Waals surface area contributed by atoms with Crippen LogP contribution in [0.2, 0.25) is 0 Å². The van der Waals surface area contributed by atoms with E-state index in [1.807, 2.05) is 91.4 Å². The third kappa shape index (κ3) is 13.1. The maximum Gasteiger partial charge on any atom is 0.303 e. The number of aliphatic carboxylic acids is 3. The molecule has 3 aliphatic carbocycles. The van der Waals surface area contributed by atoms with Gasteiger partial charge >= 0.3 is 17.9 Å². The molecule has 9 aromatic heterocycles. The van der Waals surface area contributed by atoms with Gasteiger partial charge in [-0.05, 0) is 179 Å². The summed E-state index contributed by atoms with van der Waals surface area (Å²) in [5.74, 6) is 0.836. The summed E-state index contributed by atoms with van der Waals surface area (Å²) >= 11 is 10.9. The predicted octanol–water partition coefficient (Wildman–Crippen LogP) is 15.1. The number of para-hydroxylation sites is 3. The third-order valence-electron chi connectivity index (χ3n) is 18.7. The van der Waals surface area contributed by atoms with E-state index in [4.69, 9.17) is 47.5 Å². The first-order chi connectivity index (χ1) is 45.0. The molecule has 12 aromatic rings. The van der Waals surface area contributed by atoms with E-state index in [0.717, 1.165) is 174 Å². The monoisotopic (exact) mass is 1440 g/mol. The highest BCUT2D eigenvalue weighted by Crippen LogP contribution is 2.45. The minimum atomic E-state index is -0.721. The van der Waals surface area contributed by atoms with E-state index in [-0.39, 0.29) is 54.8 Å². The van der Waals surface area contributed by atoms with Crippen LogP contribution in [0.25, 0.3) is 83.0 Å². The van der Waals surface area contributed by atoms with Crippen molar-refractivity contribution < 1.29 is 29.7 Å². The molecular weight excluding hydrogens is 1370 g/mol. The molecule has 0 radical (unpaired) electrons. The Labute approximate surface area is 558 Å². The quantitative estimate of drug-likeness (QED) is 0.0662. The molecular formula is C69H66Br3N15O6. The van der Waals surface area contributed by atoms with Gasteiger partial charge in [0, 0.05) is 105 Å². The second-order valence-electron chi connectivity index (χ2n) is 24.7. The molecule has 24 heteroatoms. The fraction of sp³-hybridized carbons (Fsp3) is 0.304. The SMILES string of the molecule is Nc1c(Br)c(C2CCC(CC(=O)O)CC2)nc2c(-c3cnc4ccccc4c3)cnn12.Nc1c(Br)c(C2CCC(CC(=O)O)CC2)nc2c(-c3cnc4ccccc4c3)cnn12.Nc1c(Br)c(C2CCC(CC(=O)O)CC2)nc2c(-c3cnc4ccccc4c3)cnn12. The number of rotatable bonds is 12. The zero-order chi connectivity index (χ0) is 64.6. The number of benzene rings is 3. The summed E-state index contributed by atoms with van der Waals surface area (Å²) in [7, 11) is 0. The number of hydrogen-bond donors (Lipinski definition) is 6. The second-order valence-corrected chi connectivity index (χ2v) is 27.0. The van der Waals surface area contributed by atoms with E-state index >= 15 is 0 Å². The summed E-state index contributed by atoms with van der Waals surface area (Å²) in [5.41, 5.74) is 32.5. The van der Waals surface area contributed by atoms with Crippen molar-refractivity contribution in [1.82, 2.24) is 58.7 Å². The van der Waals surface area contributed by atoms with E-state index in [1.54, 1.807) is 32.1 Å². The van der Waals surface area contributed by atoms with Crippen LogP contribution >= 0.6 is 47.8 Å². The van der Waals surface area contributed by atoms with Crippen molar-refractivity contribution in [2.45, 2.75) is 114 Å². The number of carbonyl (C=O) groups is 3. The number of aromatic nitrogens is 12. The molecule has 15 rings (SSSR count). The van der Waals surface area contributed by atoms with Gasteiger partial charge in [-0.25, -0.2) is 15.0 Å². The van der Waals surface area contributed by atoms with Gasteiger partial charge in [-0.2, -0.15) is 28.8 Å². The summed E-state index contributed by atoms with van der Waals surface area (Å²) in [6.07, 6.45) is 22.3. The number of anilines is 3. The van der Waals surface area contributed by atoms with Gasteiger partial charge < -0.3 is 32.5 Å². The minimum absolute atomic E-state index is 0.239. The van der Waals surface area contributed by atoms with Crippen LogP contribution in [0.4, 0.5) is 17.5 Å². The average molecular weight is 1440 g/mol. The van der Waals surface area contributed by atoms with Crippen LogP contribution < -0.4 is 17.2 Å². The Balaban J connectivity index is 0.000000127. The highest BCUT2D eigenvalue weighted by Gasteiger charge is 2.32. The van der Waals surface area contributed by atoms with Gasteiger partial charge in [0.25, 0.3) is 0 Å². The number of nitrogens with two attached hydrogens (primary N) is 3. The van der Waals surface area contributed by atoms with Crippen molar-refractivity contribution in [1.29, 1.82) is 0 Å². The fourth-order valence-electron chi connectivity index (χ4n) is 13.8. The van der Waals surface area contributed by atoms with Crippen LogP contribution in [-0.4, -0.2) is 92.0 Å². The van der Waals surface area contributed by atoms with Gasteiger partial charge in [-0.1, -0.05) is 54.6 Å². The number of pyridine rings is 3. The Morgan fingerprint density at radius 1 is 0.398 bits per heavy atom. The first-order valence-corrected chi connectivity index (χ1v) is 33.6. The van der Waals surface area contributed by atoms with Gasteiger partial charge in [-0.15, -0.1) is 0 Å². The molecule has 93 heavy (non-hydrogen) atoms. The predicted molar refractivity (Wildman–Crippen MR) is 368 cm³/mol. The number of nitrogen functional groups attached to an aromatic ring is 3. The largest absolute Gasteiger partial charge is 0.481 e. The van der Waals surface area contributed by atoms with Gasteiger partial charge in [-0.3, -0.25) is 29.3 Å². The Kier molecular flexibility index (Phi) is 18.2. The molecule has 0 atom stereocenters. The molecule has 21 nitrogen and oxygen atoms in total. The van der Waals surface area contributed by atoms with Crippen LogP contribution in [0.5, 0.6) is 0 Å². The van der Waals surface area contributed by atoms with E-state index in [0.29, 0.717) is 34.4 Å². The van der Waals surface area contributed by atoms with Gasteiger partial charge in [0.2, 0.25) is 0 Å². The number of carboxylic acids is 3. The lowest BCUT2D eigenvalue weighted by atomic mass is 9.79. The summed E-state index contributed by atoms with van der Waals surface area (Å²) in [6.45, 7) is 0. The lowest BCUT2D eigenvalue weighted by Crippen LogP contribution is -2.18. The molecule has 0 bridgehead atoms. The van der Waals surface area contributed by atoms with E-state index in [9.17, 15) is 14.4 Å². The first kappa shape index (κ1) is 62.8. The van der Waals surface area contributed by atoms with Gasteiger partial charge in [0.05, 0.1) is 65.6 Å². The maximum atomic E-state index is 11.0. The average Bonchev–Trinajstić information content (AvgIpc) is 1.69. The Morgan fingerprint density at radius 2 is 0.656 bits per heavy atom. The van der Waals surface area contributed by atoms with E-state index < -0.39 is 17.9 Å². The molecule has 3 saturated carbocycles. The van der Waals surface area contributed by atoms with Crippen LogP contribution in [0.15, 0.2) is 142 Å². The van der Waals surface area contributed by atoms with Crippen molar-refractivity contribution in [3.8, 4) is 33.4 Å². The van der Waals surface area contributed by atoms with Gasteiger partial charge in [0.15, 0.2) is 16.9 Å². The summed E-state index contributed by atoms with van der Waals surface area (Å²) in [5, 5.41) is 43.8. The lowest BCUT2D eigenvalue weighted by Gasteiger charge is -2.28. The Morgan fingerprint density at radius 3 is 0.914 bits per heavy atom. The van der Waals surface area contributed by atoms with Crippen molar-refractivity contribution >= 4 is 133 Å². The highest BCUT2D eigenvalue weighted by atomic mass is 79.9. The summed E-state index contributed by atoms with van der Waals surface area (Å²) in [4.78, 5) is 61.8. The smallest absolute Gasteiger partial charge is 0.303 e. The van der Waals surface area contributed by atoms with Crippen LogP contribution in [0.1, 0.15) is 131 Å². The molecule has 3 aliphatic rings.